The van der Waals surface area contributed by atoms with Gasteiger partial charge in [0, 0.05) is 12.3 Å². The summed E-state index contributed by atoms with van der Waals surface area (Å²) in [6.07, 6.45) is 3.75. The maximum absolute atomic E-state index is 13.1. The highest BCUT2D eigenvalue weighted by Gasteiger charge is 2.29. The van der Waals surface area contributed by atoms with Gasteiger partial charge in [-0.25, -0.2) is 4.39 Å². The van der Waals surface area contributed by atoms with E-state index in [9.17, 15) is 9.18 Å². The molecule has 0 heterocycles. The van der Waals surface area contributed by atoms with E-state index < -0.39 is 0 Å². The topological polar surface area (TPSA) is 17.1 Å². The summed E-state index contributed by atoms with van der Waals surface area (Å²) in [5, 5.41) is 0. The van der Waals surface area contributed by atoms with Gasteiger partial charge in [0.1, 0.15) is 11.6 Å². The highest BCUT2D eigenvalue weighted by molar-refractivity contribution is 9.10. The van der Waals surface area contributed by atoms with Crippen LogP contribution in [0.25, 0.3) is 0 Å². The zero-order valence-corrected chi connectivity index (χ0v) is 11.5. The van der Waals surface area contributed by atoms with Crippen molar-refractivity contribution in [2.75, 3.05) is 0 Å². The summed E-state index contributed by atoms with van der Waals surface area (Å²) < 4.78 is 13.5. The molecular weight excluding hydrogens is 283 g/mol. The first-order chi connectivity index (χ1) is 8.08. The lowest BCUT2D eigenvalue weighted by atomic mass is 9.90. The molecule has 1 aromatic carbocycles. The second-order valence-corrected chi connectivity index (χ2v) is 5.76. The fourth-order valence-electron chi connectivity index (χ4n) is 2.61. The minimum Gasteiger partial charge on any atom is -0.299 e. The van der Waals surface area contributed by atoms with E-state index >= 15 is 0 Å². The van der Waals surface area contributed by atoms with Gasteiger partial charge in [0.2, 0.25) is 0 Å². The lowest BCUT2D eigenvalue weighted by molar-refractivity contribution is -0.123. The number of rotatable bonds is 3. The Morgan fingerprint density at radius 2 is 2.24 bits per heavy atom. The lowest BCUT2D eigenvalue weighted by Gasteiger charge is -2.13. The fraction of sp³-hybridized carbons (Fsp3) is 0.500. The van der Waals surface area contributed by atoms with Crippen LogP contribution in [-0.2, 0) is 11.2 Å². The van der Waals surface area contributed by atoms with E-state index in [2.05, 4.69) is 22.9 Å². The molecule has 0 radical (unpaired) electrons. The molecule has 92 valence electrons. The number of ketones is 1. The highest BCUT2D eigenvalue weighted by Crippen LogP contribution is 2.32. The Balaban J connectivity index is 2.05. The van der Waals surface area contributed by atoms with Gasteiger partial charge in [-0.2, -0.15) is 0 Å². The predicted molar refractivity (Wildman–Crippen MR) is 69.3 cm³/mol. The van der Waals surface area contributed by atoms with Crippen molar-refractivity contribution in [2.45, 2.75) is 32.6 Å². The van der Waals surface area contributed by atoms with Crippen molar-refractivity contribution in [3.05, 3.63) is 34.1 Å². The Hall–Kier alpha value is -0.700. The molecular formula is C14H16BrFO. The van der Waals surface area contributed by atoms with Gasteiger partial charge in [-0.1, -0.05) is 19.4 Å². The van der Waals surface area contributed by atoms with Crippen LogP contribution in [0.5, 0.6) is 0 Å². The van der Waals surface area contributed by atoms with E-state index in [1.54, 1.807) is 12.1 Å². The van der Waals surface area contributed by atoms with Crippen molar-refractivity contribution in [1.29, 1.82) is 0 Å². The fourth-order valence-corrected chi connectivity index (χ4v) is 3.03. The first kappa shape index (κ1) is 12.7. The van der Waals surface area contributed by atoms with Gasteiger partial charge < -0.3 is 0 Å². The van der Waals surface area contributed by atoms with Gasteiger partial charge in [0.15, 0.2) is 0 Å². The zero-order chi connectivity index (χ0) is 12.4. The number of halogens is 2. The average Bonchev–Trinajstić information content (AvgIpc) is 2.70. The molecule has 3 heteroatoms. The predicted octanol–water partition coefficient (Wildman–Crippen LogP) is 4.14. The summed E-state index contributed by atoms with van der Waals surface area (Å²) >= 11 is 3.15. The third kappa shape index (κ3) is 2.95. The first-order valence-corrected chi connectivity index (χ1v) is 6.84. The van der Waals surface area contributed by atoms with Gasteiger partial charge in [-0.15, -0.1) is 0 Å². The minimum absolute atomic E-state index is 0.207. The smallest absolute Gasteiger partial charge is 0.140 e. The van der Waals surface area contributed by atoms with Crippen molar-refractivity contribution >= 4 is 21.7 Å². The summed E-state index contributed by atoms with van der Waals surface area (Å²) in [4.78, 5) is 12.1. The molecule has 2 unspecified atom stereocenters. The Bertz CT molecular complexity index is 430. The van der Waals surface area contributed by atoms with Crippen LogP contribution in [0.1, 0.15) is 31.7 Å². The monoisotopic (exact) mass is 298 g/mol. The molecule has 2 atom stereocenters. The van der Waals surface area contributed by atoms with Crippen LogP contribution in [0.15, 0.2) is 22.7 Å². The maximum Gasteiger partial charge on any atom is 0.140 e. The normalized spacial score (nSPS) is 23.9. The minimum atomic E-state index is -0.282. The summed E-state index contributed by atoms with van der Waals surface area (Å²) in [5.41, 5.74) is 0.891. The van der Waals surface area contributed by atoms with Gasteiger partial charge in [-0.3, -0.25) is 4.79 Å². The van der Waals surface area contributed by atoms with Crippen LogP contribution < -0.4 is 0 Å². The second kappa shape index (κ2) is 5.30. The Morgan fingerprint density at radius 3 is 2.82 bits per heavy atom. The quantitative estimate of drug-likeness (QED) is 0.820. The molecule has 17 heavy (non-hydrogen) atoms. The third-order valence-corrected chi connectivity index (χ3v) is 4.25. The van der Waals surface area contributed by atoms with Gasteiger partial charge >= 0.3 is 0 Å². The molecule has 0 N–H and O–H groups in total. The van der Waals surface area contributed by atoms with E-state index in [1.165, 1.54) is 6.07 Å². The van der Waals surface area contributed by atoms with E-state index in [4.69, 9.17) is 0 Å². The molecule has 1 aliphatic carbocycles. The Kier molecular flexibility index (Phi) is 3.97. The molecule has 0 bridgehead atoms. The summed E-state index contributed by atoms with van der Waals surface area (Å²) in [6.45, 7) is 2.15. The molecule has 0 saturated heterocycles. The average molecular weight is 299 g/mol. The lowest BCUT2D eigenvalue weighted by Crippen LogP contribution is -2.19. The van der Waals surface area contributed by atoms with Crippen LogP contribution >= 0.6 is 15.9 Å². The highest BCUT2D eigenvalue weighted by atomic mass is 79.9. The number of carbonyl (C=O) groups excluding carboxylic acids is 1. The molecule has 0 aliphatic heterocycles. The standard InChI is InChI=1S/C14H16BrFO/c1-9-3-2-4-11(9)14(17)8-10-5-6-13(16)12(15)7-10/h5-7,9,11H,2-4,8H2,1H3. The third-order valence-electron chi connectivity index (χ3n) is 3.64. The van der Waals surface area contributed by atoms with Crippen molar-refractivity contribution in [3.8, 4) is 0 Å². The molecule has 1 fully saturated rings. The number of hydrogen-bond donors (Lipinski definition) is 0. The number of Topliss-reactive ketones (excluding diaryl/α,β-unsaturated/α-hetero) is 1. The van der Waals surface area contributed by atoms with E-state index in [0.717, 1.165) is 24.8 Å². The molecule has 0 aromatic heterocycles. The number of carbonyl (C=O) groups is 1. The molecule has 2 rings (SSSR count). The molecule has 1 nitrogen and oxygen atoms in total. The van der Waals surface area contributed by atoms with Crippen molar-refractivity contribution in [3.63, 3.8) is 0 Å². The Labute approximate surface area is 110 Å². The molecule has 1 aliphatic rings. The van der Waals surface area contributed by atoms with Crippen LogP contribution in [0.4, 0.5) is 4.39 Å². The Morgan fingerprint density at radius 1 is 1.47 bits per heavy atom. The van der Waals surface area contributed by atoms with Gasteiger partial charge in [0.05, 0.1) is 4.47 Å². The van der Waals surface area contributed by atoms with Crippen molar-refractivity contribution < 1.29 is 9.18 Å². The second-order valence-electron chi connectivity index (χ2n) is 4.91. The number of hydrogen-bond acceptors (Lipinski definition) is 1. The SMILES string of the molecule is CC1CCCC1C(=O)Cc1ccc(F)c(Br)c1. The molecule has 1 aromatic rings. The maximum atomic E-state index is 13.1. The van der Waals surface area contributed by atoms with Gasteiger partial charge in [0.25, 0.3) is 0 Å². The summed E-state index contributed by atoms with van der Waals surface area (Å²) in [7, 11) is 0. The summed E-state index contributed by atoms with van der Waals surface area (Å²) in [5.74, 6) is 0.731. The van der Waals surface area contributed by atoms with Crippen LogP contribution in [-0.4, -0.2) is 5.78 Å². The van der Waals surface area contributed by atoms with Crippen LogP contribution in [0.3, 0.4) is 0 Å². The summed E-state index contributed by atoms with van der Waals surface area (Å²) in [6, 6.07) is 4.80. The van der Waals surface area contributed by atoms with Crippen molar-refractivity contribution in [2.24, 2.45) is 11.8 Å². The van der Waals surface area contributed by atoms with E-state index in [-0.39, 0.29) is 11.7 Å². The van der Waals surface area contributed by atoms with Crippen LogP contribution in [0.2, 0.25) is 0 Å². The molecule has 0 spiro atoms. The van der Waals surface area contributed by atoms with Crippen molar-refractivity contribution in [1.82, 2.24) is 0 Å². The van der Waals surface area contributed by atoms with Gasteiger partial charge in [-0.05, 0) is 52.4 Å². The van der Waals surface area contributed by atoms with Crippen LogP contribution in [0, 0.1) is 17.7 Å². The van der Waals surface area contributed by atoms with E-state index in [1.807, 2.05) is 0 Å². The number of benzene rings is 1. The molecule has 0 amide bonds. The first-order valence-electron chi connectivity index (χ1n) is 6.04. The van der Waals surface area contributed by atoms with E-state index in [0.29, 0.717) is 22.6 Å². The zero-order valence-electron chi connectivity index (χ0n) is 9.88. The molecule has 1 saturated carbocycles. The largest absolute Gasteiger partial charge is 0.299 e.